The molecule has 0 bridgehead atoms. The van der Waals surface area contributed by atoms with E-state index >= 15 is 0 Å². The number of halogens is 1. The van der Waals surface area contributed by atoms with E-state index in [4.69, 9.17) is 11.6 Å². The van der Waals surface area contributed by atoms with Gasteiger partial charge in [-0.15, -0.1) is 0 Å². The van der Waals surface area contributed by atoms with Gasteiger partial charge in [-0.1, -0.05) is 31.0 Å². The molecule has 0 atom stereocenters. The van der Waals surface area contributed by atoms with Crippen molar-refractivity contribution in [1.82, 2.24) is 19.7 Å². The van der Waals surface area contributed by atoms with Gasteiger partial charge < -0.3 is 9.80 Å². The molecule has 1 amide bonds. The minimum Gasteiger partial charge on any atom is -0.353 e. The highest BCUT2D eigenvalue weighted by Gasteiger charge is 2.24. The summed E-state index contributed by atoms with van der Waals surface area (Å²) in [5, 5.41) is 4.70. The number of nitrogens with zero attached hydrogens (tertiary/aromatic N) is 5. The lowest BCUT2D eigenvalue weighted by molar-refractivity contribution is 0.0737. The Balaban J connectivity index is 1.66. The summed E-state index contributed by atoms with van der Waals surface area (Å²) in [6.07, 6.45) is 1.82. The van der Waals surface area contributed by atoms with Crippen molar-refractivity contribution in [3.05, 3.63) is 51.5 Å². The van der Waals surface area contributed by atoms with E-state index in [1.54, 1.807) is 11.0 Å². The van der Waals surface area contributed by atoms with Gasteiger partial charge in [-0.05, 0) is 24.6 Å². The van der Waals surface area contributed by atoms with Crippen LogP contribution in [-0.2, 0) is 6.54 Å². The van der Waals surface area contributed by atoms with Gasteiger partial charge in [0.05, 0.1) is 0 Å². The summed E-state index contributed by atoms with van der Waals surface area (Å²) in [7, 11) is 0. The van der Waals surface area contributed by atoms with Crippen LogP contribution in [0.4, 0.5) is 5.82 Å². The average Bonchev–Trinajstić information content (AvgIpc) is 2.67. The van der Waals surface area contributed by atoms with Crippen LogP contribution >= 0.6 is 11.6 Å². The van der Waals surface area contributed by atoms with Gasteiger partial charge in [0.15, 0.2) is 0 Å². The average molecular weight is 376 g/mol. The van der Waals surface area contributed by atoms with Crippen LogP contribution in [-0.4, -0.2) is 51.8 Å². The number of aromatic nitrogens is 3. The van der Waals surface area contributed by atoms with Crippen LogP contribution in [0.2, 0.25) is 5.15 Å². The number of aryl methyl sites for hydroxylation is 1. The molecule has 3 rings (SSSR count). The molecule has 8 heteroatoms. The predicted molar refractivity (Wildman–Crippen MR) is 101 cm³/mol. The zero-order valence-electron chi connectivity index (χ0n) is 14.8. The lowest BCUT2D eigenvalue weighted by Gasteiger charge is -2.35. The first-order valence-electron chi connectivity index (χ1n) is 8.83. The normalized spacial score (nSPS) is 14.5. The maximum atomic E-state index is 12.7. The third kappa shape index (κ3) is 4.22. The molecule has 2 aromatic heterocycles. The van der Waals surface area contributed by atoms with Crippen molar-refractivity contribution < 1.29 is 4.79 Å². The van der Waals surface area contributed by atoms with Gasteiger partial charge in [-0.2, -0.15) is 5.10 Å². The van der Waals surface area contributed by atoms with Gasteiger partial charge in [0.1, 0.15) is 16.7 Å². The van der Waals surface area contributed by atoms with Gasteiger partial charge in [-0.25, -0.2) is 9.67 Å². The van der Waals surface area contributed by atoms with E-state index in [0.29, 0.717) is 43.6 Å². The summed E-state index contributed by atoms with van der Waals surface area (Å²) in [6.45, 7) is 5.08. The predicted octanol–water partition coefficient (Wildman–Crippen LogP) is 2.05. The molecule has 1 aliphatic heterocycles. The highest BCUT2D eigenvalue weighted by molar-refractivity contribution is 6.29. The number of hydrogen-bond donors (Lipinski definition) is 0. The van der Waals surface area contributed by atoms with Gasteiger partial charge in [-0.3, -0.25) is 9.59 Å². The number of anilines is 1. The van der Waals surface area contributed by atoms with Crippen molar-refractivity contribution in [1.29, 1.82) is 0 Å². The monoisotopic (exact) mass is 375 g/mol. The Morgan fingerprint density at radius 1 is 1.15 bits per heavy atom. The first-order valence-corrected chi connectivity index (χ1v) is 9.21. The first-order chi connectivity index (χ1) is 12.6. The standard InChI is InChI=1S/C18H22ClN5O2/c1-2-3-9-24-17(25)8-7-14(21-24)18(26)23-12-10-22(11-13-23)16-6-4-5-15(19)20-16/h4-8H,2-3,9-13H2,1H3. The van der Waals surface area contributed by atoms with Crippen molar-refractivity contribution in [3.63, 3.8) is 0 Å². The molecule has 7 nitrogen and oxygen atoms in total. The second kappa shape index (κ2) is 8.31. The molecule has 0 saturated carbocycles. The van der Waals surface area contributed by atoms with Gasteiger partial charge in [0, 0.05) is 38.8 Å². The van der Waals surface area contributed by atoms with E-state index in [1.165, 1.54) is 16.8 Å². The molecule has 1 fully saturated rings. The summed E-state index contributed by atoms with van der Waals surface area (Å²) < 4.78 is 1.38. The molecule has 0 spiro atoms. The van der Waals surface area contributed by atoms with E-state index in [1.807, 2.05) is 19.1 Å². The fourth-order valence-electron chi connectivity index (χ4n) is 2.91. The van der Waals surface area contributed by atoms with E-state index in [2.05, 4.69) is 15.0 Å². The van der Waals surface area contributed by atoms with Crippen molar-refractivity contribution in [3.8, 4) is 0 Å². The molecule has 1 saturated heterocycles. The Bertz CT molecular complexity index is 830. The molecule has 138 valence electrons. The van der Waals surface area contributed by atoms with Crippen LogP contribution in [0.5, 0.6) is 0 Å². The van der Waals surface area contributed by atoms with Crippen LogP contribution in [0.25, 0.3) is 0 Å². The van der Waals surface area contributed by atoms with Crippen LogP contribution < -0.4 is 10.5 Å². The summed E-state index contributed by atoms with van der Waals surface area (Å²) in [5.41, 5.74) is 0.141. The van der Waals surface area contributed by atoms with E-state index in [0.717, 1.165) is 18.7 Å². The molecule has 1 aliphatic rings. The lowest BCUT2D eigenvalue weighted by Crippen LogP contribution is -2.49. The molecule has 2 aromatic rings. The fourth-order valence-corrected chi connectivity index (χ4v) is 3.06. The number of amides is 1. The van der Waals surface area contributed by atoms with Crippen molar-refractivity contribution in [2.24, 2.45) is 0 Å². The Morgan fingerprint density at radius 3 is 2.62 bits per heavy atom. The third-order valence-corrected chi connectivity index (χ3v) is 4.61. The maximum absolute atomic E-state index is 12.7. The number of pyridine rings is 1. The minimum atomic E-state index is -0.174. The maximum Gasteiger partial charge on any atom is 0.274 e. The smallest absolute Gasteiger partial charge is 0.274 e. The topological polar surface area (TPSA) is 71.3 Å². The molecule has 26 heavy (non-hydrogen) atoms. The highest BCUT2D eigenvalue weighted by atomic mass is 35.5. The zero-order valence-corrected chi connectivity index (χ0v) is 15.5. The third-order valence-electron chi connectivity index (χ3n) is 4.40. The van der Waals surface area contributed by atoms with Gasteiger partial charge in [0.25, 0.3) is 11.5 Å². The van der Waals surface area contributed by atoms with Crippen molar-refractivity contribution in [2.75, 3.05) is 31.1 Å². The molecule has 3 heterocycles. The molecule has 0 unspecified atom stereocenters. The van der Waals surface area contributed by atoms with Crippen LogP contribution in [0.3, 0.4) is 0 Å². The molecule has 0 radical (unpaired) electrons. The first kappa shape index (κ1) is 18.4. The van der Waals surface area contributed by atoms with Crippen molar-refractivity contribution >= 4 is 23.3 Å². The number of unbranched alkanes of at least 4 members (excludes halogenated alkanes) is 1. The van der Waals surface area contributed by atoms with E-state index in [-0.39, 0.29) is 11.5 Å². The lowest BCUT2D eigenvalue weighted by atomic mass is 10.2. The summed E-state index contributed by atoms with van der Waals surface area (Å²) in [6, 6.07) is 8.45. The minimum absolute atomic E-state index is 0.144. The summed E-state index contributed by atoms with van der Waals surface area (Å²) in [5.74, 6) is 0.671. The molecular weight excluding hydrogens is 354 g/mol. The Morgan fingerprint density at radius 2 is 1.92 bits per heavy atom. The van der Waals surface area contributed by atoms with Gasteiger partial charge in [0.2, 0.25) is 0 Å². The van der Waals surface area contributed by atoms with Crippen LogP contribution in [0.15, 0.2) is 35.1 Å². The Kier molecular flexibility index (Phi) is 5.88. The highest BCUT2D eigenvalue weighted by Crippen LogP contribution is 2.17. The molecule has 0 aliphatic carbocycles. The zero-order chi connectivity index (χ0) is 18.5. The molecule has 0 N–H and O–H groups in total. The second-order valence-electron chi connectivity index (χ2n) is 6.23. The quantitative estimate of drug-likeness (QED) is 0.748. The molecule has 0 aromatic carbocycles. The summed E-state index contributed by atoms with van der Waals surface area (Å²) in [4.78, 5) is 32.8. The number of carbonyl (C=O) groups is 1. The SMILES string of the molecule is CCCCn1nc(C(=O)N2CCN(c3cccc(Cl)n3)CC2)ccc1=O. The fraction of sp³-hybridized carbons (Fsp3) is 0.444. The van der Waals surface area contributed by atoms with E-state index in [9.17, 15) is 9.59 Å². The Hall–Kier alpha value is -2.41. The number of carbonyl (C=O) groups excluding carboxylic acids is 1. The summed E-state index contributed by atoms with van der Waals surface area (Å²) >= 11 is 5.95. The van der Waals surface area contributed by atoms with Crippen molar-refractivity contribution in [2.45, 2.75) is 26.3 Å². The number of hydrogen-bond acceptors (Lipinski definition) is 5. The number of rotatable bonds is 5. The number of piperazine rings is 1. The van der Waals surface area contributed by atoms with Gasteiger partial charge >= 0.3 is 0 Å². The second-order valence-corrected chi connectivity index (χ2v) is 6.62. The largest absolute Gasteiger partial charge is 0.353 e. The van der Waals surface area contributed by atoms with Crippen LogP contribution in [0, 0.1) is 0 Å². The van der Waals surface area contributed by atoms with E-state index < -0.39 is 0 Å². The van der Waals surface area contributed by atoms with Crippen LogP contribution in [0.1, 0.15) is 30.3 Å². The molecular formula is C18H22ClN5O2. The Labute approximate surface area is 157 Å².